The summed E-state index contributed by atoms with van der Waals surface area (Å²) < 4.78 is 12.7. The summed E-state index contributed by atoms with van der Waals surface area (Å²) in [5.74, 6) is -0.198. The fourth-order valence-corrected chi connectivity index (χ4v) is 2.81. The van der Waals surface area contributed by atoms with Gasteiger partial charge in [0, 0.05) is 17.1 Å². The molecule has 0 fully saturated rings. The van der Waals surface area contributed by atoms with E-state index in [2.05, 4.69) is 26.2 Å². The highest BCUT2D eigenvalue weighted by atomic mass is 79.9. The number of benzene rings is 1. The van der Waals surface area contributed by atoms with Crippen LogP contribution in [0.25, 0.3) is 0 Å². The first kappa shape index (κ1) is 11.9. The molecule has 1 heterocycles. The first-order valence-corrected chi connectivity index (χ1v) is 7.03. The fourth-order valence-electron chi connectivity index (χ4n) is 1.37. The zero-order valence-electron chi connectivity index (χ0n) is 8.62. The van der Waals surface area contributed by atoms with E-state index in [0.717, 1.165) is 22.6 Å². The van der Waals surface area contributed by atoms with Gasteiger partial charge < -0.3 is 5.32 Å². The number of hydrogen-bond donors (Lipinski definition) is 1. The number of amidine groups is 1. The lowest BCUT2D eigenvalue weighted by atomic mass is 10.2. The van der Waals surface area contributed by atoms with Crippen molar-refractivity contribution >= 4 is 32.9 Å². The van der Waals surface area contributed by atoms with Crippen molar-refractivity contribution < 1.29 is 4.39 Å². The van der Waals surface area contributed by atoms with E-state index in [-0.39, 0.29) is 5.82 Å². The summed E-state index contributed by atoms with van der Waals surface area (Å²) in [7, 11) is 0. The number of thioether (sulfide) groups is 1. The van der Waals surface area contributed by atoms with E-state index in [1.54, 1.807) is 23.9 Å². The normalized spacial score (nSPS) is 19.6. The summed E-state index contributed by atoms with van der Waals surface area (Å²) in [6.07, 6.45) is 0. The molecule has 1 unspecified atom stereocenters. The third kappa shape index (κ3) is 3.22. The molecule has 0 aliphatic carbocycles. The molecule has 0 aromatic heterocycles. The molecule has 86 valence electrons. The smallest absolute Gasteiger partial charge is 0.157 e. The number of rotatable bonds is 3. The summed E-state index contributed by atoms with van der Waals surface area (Å²) in [4.78, 5) is 4.39. The van der Waals surface area contributed by atoms with Gasteiger partial charge in [-0.05, 0) is 17.7 Å². The van der Waals surface area contributed by atoms with Crippen LogP contribution in [0.3, 0.4) is 0 Å². The van der Waals surface area contributed by atoms with E-state index in [0.29, 0.717) is 11.8 Å². The molecule has 1 aromatic carbocycles. The van der Waals surface area contributed by atoms with Gasteiger partial charge in [0.1, 0.15) is 5.82 Å². The maximum atomic E-state index is 12.7. The monoisotopic (exact) mass is 302 g/mol. The molecule has 1 atom stereocenters. The van der Waals surface area contributed by atoms with Crippen LogP contribution < -0.4 is 5.32 Å². The Morgan fingerprint density at radius 2 is 2.19 bits per heavy atom. The molecule has 0 amide bonds. The lowest BCUT2D eigenvalue weighted by Crippen LogP contribution is -2.19. The average Bonchev–Trinajstić information content (AvgIpc) is 2.76. The molecule has 1 aromatic rings. The minimum atomic E-state index is -0.198. The van der Waals surface area contributed by atoms with Gasteiger partial charge in [0.05, 0.1) is 6.54 Å². The molecule has 0 radical (unpaired) electrons. The van der Waals surface area contributed by atoms with Crippen LogP contribution in [0.1, 0.15) is 5.56 Å². The minimum absolute atomic E-state index is 0.198. The number of alkyl halides is 1. The summed E-state index contributed by atoms with van der Waals surface area (Å²) >= 11 is 5.20. The van der Waals surface area contributed by atoms with Gasteiger partial charge in [-0.25, -0.2) is 4.39 Å². The second kappa shape index (κ2) is 5.68. The van der Waals surface area contributed by atoms with Crippen LogP contribution >= 0.6 is 27.7 Å². The Bertz CT molecular complexity index is 380. The Kier molecular flexibility index (Phi) is 4.23. The lowest BCUT2D eigenvalue weighted by Gasteiger charge is -2.06. The molecule has 16 heavy (non-hydrogen) atoms. The maximum Gasteiger partial charge on any atom is 0.157 e. The second-order valence-electron chi connectivity index (χ2n) is 3.52. The quantitative estimate of drug-likeness (QED) is 0.868. The molecule has 0 saturated carbocycles. The summed E-state index contributed by atoms with van der Waals surface area (Å²) in [5.41, 5.74) is 1.06. The van der Waals surface area contributed by atoms with E-state index in [9.17, 15) is 4.39 Å². The summed E-state index contributed by atoms with van der Waals surface area (Å²) in [6.45, 7) is 1.56. The predicted octanol–water partition coefficient (Wildman–Crippen LogP) is 2.78. The number of nitrogens with zero attached hydrogens (tertiary/aromatic N) is 1. The molecule has 1 aliphatic rings. The topological polar surface area (TPSA) is 24.4 Å². The molecule has 1 aliphatic heterocycles. The van der Waals surface area contributed by atoms with Crippen molar-refractivity contribution in [2.75, 3.05) is 11.9 Å². The van der Waals surface area contributed by atoms with Crippen LogP contribution in [0.5, 0.6) is 0 Å². The van der Waals surface area contributed by atoms with Gasteiger partial charge in [-0.2, -0.15) is 0 Å². The van der Waals surface area contributed by atoms with Gasteiger partial charge in [-0.15, -0.1) is 0 Å². The number of hydrogen-bond acceptors (Lipinski definition) is 3. The Labute approximate surface area is 107 Å². The zero-order valence-corrected chi connectivity index (χ0v) is 11.0. The number of aliphatic imine (C=N–C) groups is 1. The predicted molar refractivity (Wildman–Crippen MR) is 70.7 cm³/mol. The zero-order chi connectivity index (χ0) is 11.4. The van der Waals surface area contributed by atoms with Crippen LogP contribution in [-0.4, -0.2) is 22.3 Å². The van der Waals surface area contributed by atoms with Gasteiger partial charge in [0.25, 0.3) is 0 Å². The molecule has 2 nitrogen and oxygen atoms in total. The largest absolute Gasteiger partial charge is 0.361 e. The van der Waals surface area contributed by atoms with Gasteiger partial charge in [0.15, 0.2) is 5.17 Å². The van der Waals surface area contributed by atoms with Crippen LogP contribution in [-0.2, 0) is 6.54 Å². The van der Waals surface area contributed by atoms with Crippen molar-refractivity contribution in [3.05, 3.63) is 35.6 Å². The van der Waals surface area contributed by atoms with Crippen LogP contribution in [0.4, 0.5) is 4.39 Å². The SMILES string of the molecule is Fc1ccc(CNC2=NCC(CBr)S2)cc1. The molecule has 0 bridgehead atoms. The van der Waals surface area contributed by atoms with Crippen molar-refractivity contribution in [1.82, 2.24) is 5.32 Å². The summed E-state index contributed by atoms with van der Waals surface area (Å²) in [6, 6.07) is 6.51. The highest BCUT2D eigenvalue weighted by Gasteiger charge is 2.17. The molecular formula is C11H12BrFN2S. The van der Waals surface area contributed by atoms with Gasteiger partial charge in [0.2, 0.25) is 0 Å². The Morgan fingerprint density at radius 3 is 2.81 bits per heavy atom. The van der Waals surface area contributed by atoms with E-state index >= 15 is 0 Å². The van der Waals surface area contributed by atoms with Gasteiger partial charge in [-0.3, -0.25) is 4.99 Å². The third-order valence-corrected chi connectivity index (χ3v) is 4.60. The second-order valence-corrected chi connectivity index (χ2v) is 5.46. The Morgan fingerprint density at radius 1 is 1.44 bits per heavy atom. The fraction of sp³-hybridized carbons (Fsp3) is 0.364. The minimum Gasteiger partial charge on any atom is -0.361 e. The Hall–Kier alpha value is -0.550. The van der Waals surface area contributed by atoms with E-state index < -0.39 is 0 Å². The van der Waals surface area contributed by atoms with E-state index in [4.69, 9.17) is 0 Å². The summed E-state index contributed by atoms with van der Waals surface area (Å²) in [5, 5.41) is 5.73. The molecule has 5 heteroatoms. The molecular weight excluding hydrogens is 291 g/mol. The van der Waals surface area contributed by atoms with Crippen molar-refractivity contribution in [2.45, 2.75) is 11.8 Å². The van der Waals surface area contributed by atoms with Crippen molar-refractivity contribution in [1.29, 1.82) is 0 Å². The molecule has 2 rings (SSSR count). The van der Waals surface area contributed by atoms with Crippen LogP contribution in [0.2, 0.25) is 0 Å². The average molecular weight is 303 g/mol. The van der Waals surface area contributed by atoms with Crippen LogP contribution in [0.15, 0.2) is 29.3 Å². The highest BCUT2D eigenvalue weighted by Crippen LogP contribution is 2.21. The Balaban J connectivity index is 1.82. The maximum absolute atomic E-state index is 12.7. The number of nitrogens with one attached hydrogen (secondary N) is 1. The van der Waals surface area contributed by atoms with Crippen molar-refractivity contribution in [3.63, 3.8) is 0 Å². The highest BCUT2D eigenvalue weighted by molar-refractivity contribution is 9.09. The first-order valence-electron chi connectivity index (χ1n) is 5.03. The van der Waals surface area contributed by atoms with E-state index in [1.807, 2.05) is 0 Å². The van der Waals surface area contributed by atoms with Crippen LogP contribution in [0, 0.1) is 5.82 Å². The van der Waals surface area contributed by atoms with Crippen molar-refractivity contribution in [3.8, 4) is 0 Å². The third-order valence-electron chi connectivity index (χ3n) is 2.25. The molecule has 1 N–H and O–H groups in total. The van der Waals surface area contributed by atoms with Crippen molar-refractivity contribution in [2.24, 2.45) is 4.99 Å². The molecule has 0 spiro atoms. The van der Waals surface area contributed by atoms with Gasteiger partial charge in [-0.1, -0.05) is 39.8 Å². The lowest BCUT2D eigenvalue weighted by molar-refractivity contribution is 0.627. The first-order chi connectivity index (χ1) is 7.78. The standard InChI is InChI=1S/C11H12BrFN2S/c12-5-10-7-15-11(16-10)14-6-8-1-3-9(13)4-2-8/h1-4,10H,5-7H2,(H,14,15). The number of halogens is 2. The molecule has 0 saturated heterocycles. The van der Waals surface area contributed by atoms with Gasteiger partial charge >= 0.3 is 0 Å². The van der Waals surface area contributed by atoms with E-state index in [1.165, 1.54) is 12.1 Å².